The molecule has 0 aliphatic rings. The van der Waals surface area contributed by atoms with E-state index >= 15 is 0 Å². The van der Waals surface area contributed by atoms with Crippen LogP contribution in [0.1, 0.15) is 13.3 Å². The number of hydrogen-bond donors (Lipinski definition) is 6. The van der Waals surface area contributed by atoms with Crippen LogP contribution in [0.5, 0.6) is 0 Å². The molecule has 7 heteroatoms. The fourth-order valence-corrected chi connectivity index (χ4v) is 1.12. The van der Waals surface area contributed by atoms with E-state index in [1.807, 2.05) is 0 Å². The van der Waals surface area contributed by atoms with E-state index in [1.54, 1.807) is 0 Å². The molecule has 0 radical (unpaired) electrons. The number of carbonyl (C=O) groups excluding carboxylic acids is 1. The van der Waals surface area contributed by atoms with Gasteiger partial charge in [-0.3, -0.25) is 4.79 Å². The fourth-order valence-electron chi connectivity index (χ4n) is 1.12. The summed E-state index contributed by atoms with van der Waals surface area (Å²) >= 11 is 0. The summed E-state index contributed by atoms with van der Waals surface area (Å²) in [7, 11) is 0. The molecule has 5 atom stereocenters. The first-order valence-electron chi connectivity index (χ1n) is 4.85. The topological polar surface area (TPSA) is 138 Å². The van der Waals surface area contributed by atoms with Crippen LogP contribution in [0.2, 0.25) is 0 Å². The molecule has 2 unspecified atom stereocenters. The zero-order chi connectivity index (χ0) is 12.9. The van der Waals surface area contributed by atoms with Crippen LogP contribution < -0.4 is 0 Å². The van der Waals surface area contributed by atoms with Crippen LogP contribution in [0.4, 0.5) is 0 Å². The van der Waals surface area contributed by atoms with E-state index in [0.717, 1.165) is 0 Å². The molecule has 16 heavy (non-hydrogen) atoms. The van der Waals surface area contributed by atoms with Crippen molar-refractivity contribution in [2.24, 2.45) is 0 Å². The van der Waals surface area contributed by atoms with Crippen molar-refractivity contribution in [3.8, 4) is 0 Å². The molecule has 7 nitrogen and oxygen atoms in total. The summed E-state index contributed by atoms with van der Waals surface area (Å²) in [5, 5.41) is 54.1. The Labute approximate surface area is 92.6 Å². The summed E-state index contributed by atoms with van der Waals surface area (Å²) in [5.41, 5.74) is 0. The maximum Gasteiger partial charge on any atom is 0.166 e. The molecule has 0 rings (SSSR count). The SMILES string of the molecule is CC(O)CC(=O)[C@H](O)[C@@H](O)[C@H](O)C(O)CO. The van der Waals surface area contributed by atoms with Gasteiger partial charge in [0.2, 0.25) is 0 Å². The zero-order valence-electron chi connectivity index (χ0n) is 8.89. The Kier molecular flexibility index (Phi) is 6.65. The lowest BCUT2D eigenvalue weighted by atomic mass is 9.98. The lowest BCUT2D eigenvalue weighted by Crippen LogP contribution is -2.49. The van der Waals surface area contributed by atoms with Crippen molar-refractivity contribution in [2.75, 3.05) is 6.61 Å². The lowest BCUT2D eigenvalue weighted by Gasteiger charge is -2.25. The highest BCUT2D eigenvalue weighted by molar-refractivity contribution is 5.83. The van der Waals surface area contributed by atoms with Crippen LogP contribution in [0.15, 0.2) is 0 Å². The average Bonchev–Trinajstić information content (AvgIpc) is 2.23. The van der Waals surface area contributed by atoms with E-state index in [9.17, 15) is 20.1 Å². The van der Waals surface area contributed by atoms with Crippen LogP contribution in [-0.2, 0) is 4.79 Å². The van der Waals surface area contributed by atoms with Crippen LogP contribution >= 0.6 is 0 Å². The monoisotopic (exact) mass is 238 g/mol. The predicted molar refractivity (Wildman–Crippen MR) is 52.4 cm³/mol. The number of Topliss-reactive ketones (excluding diaryl/α,β-unsaturated/α-hetero) is 1. The Morgan fingerprint density at radius 2 is 1.56 bits per heavy atom. The van der Waals surface area contributed by atoms with E-state index in [2.05, 4.69) is 0 Å². The smallest absolute Gasteiger partial charge is 0.166 e. The van der Waals surface area contributed by atoms with Crippen molar-refractivity contribution >= 4 is 5.78 Å². The third-order valence-corrected chi connectivity index (χ3v) is 2.08. The molecule has 0 fully saturated rings. The summed E-state index contributed by atoms with van der Waals surface area (Å²) in [6, 6.07) is 0. The van der Waals surface area contributed by atoms with Gasteiger partial charge in [-0.2, -0.15) is 0 Å². The molecule has 0 saturated carbocycles. The molecule has 0 saturated heterocycles. The molecule has 0 bridgehead atoms. The van der Waals surface area contributed by atoms with Gasteiger partial charge in [-0.05, 0) is 6.92 Å². The highest BCUT2D eigenvalue weighted by Gasteiger charge is 2.34. The van der Waals surface area contributed by atoms with Crippen LogP contribution in [0.25, 0.3) is 0 Å². The molecule has 0 aromatic heterocycles. The Hall–Kier alpha value is -0.570. The summed E-state index contributed by atoms with van der Waals surface area (Å²) < 4.78 is 0. The molecule has 0 heterocycles. The number of aliphatic hydroxyl groups excluding tert-OH is 6. The molecule has 0 spiro atoms. The van der Waals surface area contributed by atoms with Crippen LogP contribution in [-0.4, -0.2) is 73.5 Å². The number of aliphatic hydroxyl groups is 6. The van der Waals surface area contributed by atoms with Gasteiger partial charge in [0, 0.05) is 6.42 Å². The Morgan fingerprint density at radius 1 is 1.06 bits per heavy atom. The molecular formula is C9H18O7. The van der Waals surface area contributed by atoms with Gasteiger partial charge in [-0.15, -0.1) is 0 Å². The minimum absolute atomic E-state index is 0.375. The van der Waals surface area contributed by atoms with Gasteiger partial charge < -0.3 is 30.6 Å². The van der Waals surface area contributed by atoms with E-state index in [4.69, 9.17) is 15.3 Å². The number of ketones is 1. The second-order valence-electron chi connectivity index (χ2n) is 3.70. The molecule has 96 valence electrons. The minimum Gasteiger partial charge on any atom is -0.394 e. The minimum atomic E-state index is -1.91. The van der Waals surface area contributed by atoms with Crippen molar-refractivity contribution in [3.05, 3.63) is 0 Å². The van der Waals surface area contributed by atoms with Gasteiger partial charge in [0.1, 0.15) is 24.4 Å². The molecular weight excluding hydrogens is 220 g/mol. The fraction of sp³-hybridized carbons (Fsp3) is 0.889. The largest absolute Gasteiger partial charge is 0.394 e. The zero-order valence-corrected chi connectivity index (χ0v) is 8.89. The van der Waals surface area contributed by atoms with Gasteiger partial charge in [0.15, 0.2) is 5.78 Å². The average molecular weight is 238 g/mol. The maximum atomic E-state index is 11.2. The molecule has 0 aromatic rings. The van der Waals surface area contributed by atoms with Crippen molar-refractivity contribution in [1.29, 1.82) is 0 Å². The van der Waals surface area contributed by atoms with Crippen LogP contribution in [0, 0.1) is 0 Å². The summed E-state index contributed by atoms with van der Waals surface area (Å²) in [6.07, 6.45) is -8.66. The standard InChI is InChI=1S/C9H18O7/c1-4(11)2-5(12)7(14)9(16)8(15)6(13)3-10/h4,6-11,13-16H,2-3H2,1H3/t4?,6?,7-,8+,9+/m0/s1. The molecule has 0 amide bonds. The van der Waals surface area contributed by atoms with Crippen molar-refractivity contribution in [2.45, 2.75) is 43.9 Å². The Balaban J connectivity index is 4.36. The summed E-state index contributed by atoms with van der Waals surface area (Å²) in [4.78, 5) is 11.2. The Morgan fingerprint density at radius 3 is 1.94 bits per heavy atom. The molecule has 0 aliphatic heterocycles. The summed E-state index contributed by atoms with van der Waals surface area (Å²) in [5.74, 6) is -0.855. The van der Waals surface area contributed by atoms with Crippen molar-refractivity contribution < 1.29 is 35.4 Å². The highest BCUT2D eigenvalue weighted by atomic mass is 16.4. The molecule has 6 N–H and O–H groups in total. The maximum absolute atomic E-state index is 11.2. The van der Waals surface area contributed by atoms with E-state index < -0.39 is 42.9 Å². The van der Waals surface area contributed by atoms with Gasteiger partial charge in [-0.25, -0.2) is 0 Å². The summed E-state index contributed by atoms with van der Waals surface area (Å²) in [6.45, 7) is 0.519. The molecule has 0 aliphatic carbocycles. The van der Waals surface area contributed by atoms with E-state index in [0.29, 0.717) is 0 Å². The van der Waals surface area contributed by atoms with Gasteiger partial charge >= 0.3 is 0 Å². The van der Waals surface area contributed by atoms with Gasteiger partial charge in [0.05, 0.1) is 12.7 Å². The third-order valence-electron chi connectivity index (χ3n) is 2.08. The third kappa shape index (κ3) is 4.52. The first-order valence-corrected chi connectivity index (χ1v) is 4.85. The van der Waals surface area contributed by atoms with Crippen molar-refractivity contribution in [3.63, 3.8) is 0 Å². The number of carbonyl (C=O) groups is 1. The predicted octanol–water partition coefficient (Wildman–Crippen LogP) is -3.24. The van der Waals surface area contributed by atoms with Crippen LogP contribution in [0.3, 0.4) is 0 Å². The van der Waals surface area contributed by atoms with Crippen molar-refractivity contribution in [1.82, 2.24) is 0 Å². The first kappa shape index (κ1) is 15.4. The lowest BCUT2D eigenvalue weighted by molar-refractivity contribution is -0.148. The quantitative estimate of drug-likeness (QED) is 0.274. The highest BCUT2D eigenvalue weighted by Crippen LogP contribution is 2.08. The molecule has 0 aromatic carbocycles. The normalized spacial score (nSPS) is 20.9. The van der Waals surface area contributed by atoms with E-state index in [1.165, 1.54) is 6.92 Å². The van der Waals surface area contributed by atoms with Gasteiger partial charge in [-0.1, -0.05) is 0 Å². The Bertz CT molecular complexity index is 218. The second kappa shape index (κ2) is 6.89. The number of hydrogen-bond acceptors (Lipinski definition) is 7. The second-order valence-corrected chi connectivity index (χ2v) is 3.70. The van der Waals surface area contributed by atoms with E-state index in [-0.39, 0.29) is 6.42 Å². The number of rotatable bonds is 7. The van der Waals surface area contributed by atoms with Gasteiger partial charge in [0.25, 0.3) is 0 Å². The first-order chi connectivity index (χ1) is 7.31.